The molecule has 1 saturated heterocycles. The van der Waals surface area contributed by atoms with Gasteiger partial charge in [-0.05, 0) is 57.3 Å². The topological polar surface area (TPSA) is 27.7 Å². The molecule has 3 nitrogen and oxygen atoms in total. The fraction of sp³-hybridized carbons (Fsp3) is 0.533. The Morgan fingerprint density at radius 3 is 2.11 bits per heavy atom. The van der Waals surface area contributed by atoms with Crippen molar-refractivity contribution in [3.63, 3.8) is 0 Å². The normalized spacial score (nSPS) is 20.6. The van der Waals surface area contributed by atoms with Crippen LogP contribution in [0, 0.1) is 6.42 Å². The minimum absolute atomic E-state index is 0.323. The molecule has 1 aliphatic heterocycles. The van der Waals surface area contributed by atoms with E-state index < -0.39 is 0 Å². The molecule has 103 valence electrons. The Kier molecular flexibility index (Phi) is 3.67. The SMILES string of the molecule is C[CH]c1cc(OC)cc(B2OC(C)(C)C(C)(C)O2)c1. The van der Waals surface area contributed by atoms with Gasteiger partial charge in [0.1, 0.15) is 5.75 Å². The largest absolute Gasteiger partial charge is 0.497 e. The van der Waals surface area contributed by atoms with E-state index in [1.54, 1.807) is 7.11 Å². The van der Waals surface area contributed by atoms with Crippen LogP contribution in [0.4, 0.5) is 0 Å². The fourth-order valence-corrected chi connectivity index (χ4v) is 2.05. The van der Waals surface area contributed by atoms with Crippen LogP contribution in [-0.2, 0) is 9.31 Å². The maximum absolute atomic E-state index is 6.06. The Bertz CT molecular complexity index is 430. The third kappa shape index (κ3) is 2.65. The molecule has 0 saturated carbocycles. The van der Waals surface area contributed by atoms with Gasteiger partial charge in [-0.2, -0.15) is 0 Å². The van der Waals surface area contributed by atoms with Crippen molar-refractivity contribution in [2.75, 3.05) is 7.11 Å². The Morgan fingerprint density at radius 1 is 1.05 bits per heavy atom. The summed E-state index contributed by atoms with van der Waals surface area (Å²) < 4.78 is 17.4. The first-order chi connectivity index (χ1) is 8.79. The van der Waals surface area contributed by atoms with Gasteiger partial charge in [0, 0.05) is 0 Å². The average molecular weight is 261 g/mol. The molecule has 4 heteroatoms. The number of hydrogen-bond donors (Lipinski definition) is 0. The van der Waals surface area contributed by atoms with Crippen molar-refractivity contribution < 1.29 is 14.0 Å². The highest BCUT2D eigenvalue weighted by atomic mass is 16.7. The summed E-state index contributed by atoms with van der Waals surface area (Å²) in [4.78, 5) is 0. The first kappa shape index (κ1) is 14.4. The predicted octanol–water partition coefficient (Wildman–Crippen LogP) is 2.57. The van der Waals surface area contributed by atoms with Gasteiger partial charge in [-0.3, -0.25) is 0 Å². The van der Waals surface area contributed by atoms with Gasteiger partial charge in [-0.25, -0.2) is 0 Å². The molecule has 0 unspecified atom stereocenters. The second-order valence-electron chi connectivity index (χ2n) is 5.92. The second kappa shape index (κ2) is 4.84. The lowest BCUT2D eigenvalue weighted by Crippen LogP contribution is -2.41. The standard InChI is InChI=1S/C15H22BO3/c1-7-11-8-12(10-13(9-11)17-6)16-18-14(2,3)15(4,5)19-16/h7-10H,1-6H3. The summed E-state index contributed by atoms with van der Waals surface area (Å²) in [5.74, 6) is 0.820. The van der Waals surface area contributed by atoms with Crippen LogP contribution in [0.1, 0.15) is 40.2 Å². The Morgan fingerprint density at radius 2 is 1.63 bits per heavy atom. The van der Waals surface area contributed by atoms with Gasteiger partial charge in [0.2, 0.25) is 0 Å². The molecular weight excluding hydrogens is 239 g/mol. The Balaban J connectivity index is 2.33. The number of rotatable bonds is 3. The number of methoxy groups -OCH3 is 1. The van der Waals surface area contributed by atoms with Crippen molar-refractivity contribution in [3.05, 3.63) is 30.2 Å². The van der Waals surface area contributed by atoms with Crippen molar-refractivity contribution in [2.24, 2.45) is 0 Å². The number of hydrogen-bond acceptors (Lipinski definition) is 3. The summed E-state index contributed by atoms with van der Waals surface area (Å²) in [7, 11) is 1.32. The van der Waals surface area contributed by atoms with Crippen molar-refractivity contribution in [1.82, 2.24) is 0 Å². The maximum atomic E-state index is 6.06. The van der Waals surface area contributed by atoms with Crippen LogP contribution < -0.4 is 10.2 Å². The van der Waals surface area contributed by atoms with E-state index in [4.69, 9.17) is 14.0 Å². The molecule has 2 rings (SSSR count). The molecule has 0 N–H and O–H groups in total. The van der Waals surface area contributed by atoms with Crippen LogP contribution in [0.2, 0.25) is 0 Å². The summed E-state index contributed by atoms with van der Waals surface area (Å²) >= 11 is 0. The van der Waals surface area contributed by atoms with E-state index in [0.29, 0.717) is 0 Å². The van der Waals surface area contributed by atoms with Crippen molar-refractivity contribution in [1.29, 1.82) is 0 Å². The first-order valence-electron chi connectivity index (χ1n) is 6.63. The minimum atomic E-state index is -0.348. The van der Waals surface area contributed by atoms with E-state index in [1.165, 1.54) is 0 Å². The lowest BCUT2D eigenvalue weighted by Gasteiger charge is -2.32. The van der Waals surface area contributed by atoms with Crippen molar-refractivity contribution >= 4 is 12.6 Å². The van der Waals surface area contributed by atoms with Crippen LogP contribution in [0.3, 0.4) is 0 Å². The van der Waals surface area contributed by atoms with E-state index >= 15 is 0 Å². The second-order valence-corrected chi connectivity index (χ2v) is 5.92. The van der Waals surface area contributed by atoms with Crippen LogP contribution >= 0.6 is 0 Å². The summed E-state index contributed by atoms with van der Waals surface area (Å²) in [5, 5.41) is 0. The smallest absolute Gasteiger partial charge is 0.494 e. The van der Waals surface area contributed by atoms with E-state index in [0.717, 1.165) is 16.8 Å². The van der Waals surface area contributed by atoms with Crippen LogP contribution in [-0.4, -0.2) is 25.4 Å². The zero-order valence-corrected chi connectivity index (χ0v) is 12.6. The first-order valence-corrected chi connectivity index (χ1v) is 6.63. The highest BCUT2D eigenvalue weighted by Gasteiger charge is 2.51. The van der Waals surface area contributed by atoms with Gasteiger partial charge in [0.25, 0.3) is 0 Å². The van der Waals surface area contributed by atoms with Gasteiger partial charge in [-0.15, -0.1) is 0 Å². The minimum Gasteiger partial charge on any atom is -0.497 e. The predicted molar refractivity (Wildman–Crippen MR) is 77.8 cm³/mol. The summed E-state index contributed by atoms with van der Waals surface area (Å²) in [6.07, 6.45) is 2.04. The Labute approximate surface area is 116 Å². The van der Waals surface area contributed by atoms with Gasteiger partial charge in [0.15, 0.2) is 0 Å². The molecule has 1 aromatic carbocycles. The lowest BCUT2D eigenvalue weighted by molar-refractivity contribution is 0.00578. The molecule has 0 aromatic heterocycles. The number of benzene rings is 1. The third-order valence-corrected chi connectivity index (χ3v) is 4.05. The average Bonchev–Trinajstić information content (AvgIpc) is 2.58. The van der Waals surface area contributed by atoms with E-state index in [2.05, 4.69) is 33.8 Å². The van der Waals surface area contributed by atoms with Crippen LogP contribution in [0.25, 0.3) is 0 Å². The van der Waals surface area contributed by atoms with E-state index in [1.807, 2.05) is 25.5 Å². The monoisotopic (exact) mass is 261 g/mol. The van der Waals surface area contributed by atoms with Crippen molar-refractivity contribution in [3.8, 4) is 5.75 Å². The lowest BCUT2D eigenvalue weighted by atomic mass is 9.78. The molecule has 1 radical (unpaired) electrons. The quantitative estimate of drug-likeness (QED) is 0.783. The molecule has 1 fully saturated rings. The Hall–Kier alpha value is -0.995. The zero-order valence-electron chi connectivity index (χ0n) is 12.6. The zero-order chi connectivity index (χ0) is 14.3. The van der Waals surface area contributed by atoms with Crippen LogP contribution in [0.5, 0.6) is 5.75 Å². The van der Waals surface area contributed by atoms with Crippen LogP contribution in [0.15, 0.2) is 18.2 Å². The molecule has 1 aliphatic rings. The molecule has 0 atom stereocenters. The summed E-state index contributed by atoms with van der Waals surface area (Å²) in [6.45, 7) is 10.2. The van der Waals surface area contributed by atoms with Crippen molar-refractivity contribution in [2.45, 2.75) is 45.8 Å². The molecule has 19 heavy (non-hydrogen) atoms. The fourth-order valence-electron chi connectivity index (χ4n) is 2.05. The molecule has 1 aromatic rings. The highest BCUT2D eigenvalue weighted by Crippen LogP contribution is 2.36. The van der Waals surface area contributed by atoms with E-state index in [-0.39, 0.29) is 18.3 Å². The molecule has 1 heterocycles. The maximum Gasteiger partial charge on any atom is 0.494 e. The molecule has 0 aliphatic carbocycles. The van der Waals surface area contributed by atoms with Gasteiger partial charge >= 0.3 is 7.12 Å². The summed E-state index contributed by atoms with van der Waals surface area (Å²) in [5.41, 5.74) is 1.45. The van der Waals surface area contributed by atoms with Gasteiger partial charge in [0.05, 0.1) is 18.3 Å². The number of ether oxygens (including phenoxy) is 1. The van der Waals surface area contributed by atoms with Gasteiger partial charge in [-0.1, -0.05) is 13.0 Å². The van der Waals surface area contributed by atoms with Gasteiger partial charge < -0.3 is 14.0 Å². The molecular formula is C15H22BO3. The molecule has 0 bridgehead atoms. The molecule has 0 spiro atoms. The summed E-state index contributed by atoms with van der Waals surface area (Å²) in [6, 6.07) is 6.04. The van der Waals surface area contributed by atoms with E-state index in [9.17, 15) is 0 Å². The molecule has 0 amide bonds. The third-order valence-electron chi connectivity index (χ3n) is 4.05. The highest BCUT2D eigenvalue weighted by molar-refractivity contribution is 6.62.